The SMILES string of the molecule is O=C(Nc1cccc(CNc2cc(-c3ccccc3C3CC3)nc3c(Br)cnn23)c1)c1ccoc1. The summed E-state index contributed by atoms with van der Waals surface area (Å²) in [6.07, 6.45) is 7.13. The van der Waals surface area contributed by atoms with Crippen LogP contribution in [0.25, 0.3) is 16.9 Å². The number of aromatic nitrogens is 3. The zero-order valence-corrected chi connectivity index (χ0v) is 20.3. The lowest BCUT2D eigenvalue weighted by Gasteiger charge is -2.13. The Kier molecular flexibility index (Phi) is 5.58. The van der Waals surface area contributed by atoms with Gasteiger partial charge >= 0.3 is 0 Å². The third kappa shape index (κ3) is 4.44. The van der Waals surface area contributed by atoms with E-state index in [0.29, 0.717) is 18.0 Å². The van der Waals surface area contributed by atoms with Crippen LogP contribution in [0.5, 0.6) is 0 Å². The molecule has 0 bridgehead atoms. The molecule has 0 aliphatic heterocycles. The van der Waals surface area contributed by atoms with Crippen LogP contribution in [0.1, 0.15) is 40.2 Å². The maximum atomic E-state index is 12.4. The average molecular weight is 528 g/mol. The molecule has 174 valence electrons. The highest BCUT2D eigenvalue weighted by Gasteiger charge is 2.26. The number of furan rings is 1. The second-order valence-corrected chi connectivity index (χ2v) is 9.49. The van der Waals surface area contributed by atoms with E-state index in [1.54, 1.807) is 16.8 Å². The molecule has 1 saturated carbocycles. The van der Waals surface area contributed by atoms with Gasteiger partial charge in [-0.2, -0.15) is 9.61 Å². The van der Waals surface area contributed by atoms with Crippen LogP contribution >= 0.6 is 15.9 Å². The minimum Gasteiger partial charge on any atom is -0.472 e. The van der Waals surface area contributed by atoms with Gasteiger partial charge in [0.05, 0.1) is 28.2 Å². The van der Waals surface area contributed by atoms with E-state index in [-0.39, 0.29) is 5.91 Å². The average Bonchev–Trinajstić information content (AvgIpc) is 3.44. The molecular weight excluding hydrogens is 506 g/mol. The van der Waals surface area contributed by atoms with Crippen molar-refractivity contribution in [2.24, 2.45) is 0 Å². The van der Waals surface area contributed by atoms with E-state index in [0.717, 1.165) is 38.4 Å². The van der Waals surface area contributed by atoms with E-state index in [1.807, 2.05) is 24.3 Å². The first kappa shape index (κ1) is 21.6. The molecule has 8 heteroatoms. The number of amides is 1. The third-order valence-electron chi connectivity index (χ3n) is 6.12. The number of carbonyl (C=O) groups excluding carboxylic acids is 1. The normalized spacial score (nSPS) is 13.2. The van der Waals surface area contributed by atoms with Gasteiger partial charge in [-0.1, -0.05) is 36.4 Å². The first-order valence-electron chi connectivity index (χ1n) is 11.5. The predicted octanol–water partition coefficient (Wildman–Crippen LogP) is 6.49. The Hall–Kier alpha value is -3.91. The van der Waals surface area contributed by atoms with Crippen LogP contribution in [0.3, 0.4) is 0 Å². The number of hydrogen-bond donors (Lipinski definition) is 2. The fourth-order valence-electron chi connectivity index (χ4n) is 4.23. The highest BCUT2D eigenvalue weighted by Crippen LogP contribution is 2.44. The molecule has 2 aromatic carbocycles. The summed E-state index contributed by atoms with van der Waals surface area (Å²) in [6.45, 7) is 0.551. The molecule has 1 amide bonds. The molecule has 2 N–H and O–H groups in total. The molecule has 0 spiro atoms. The largest absolute Gasteiger partial charge is 0.472 e. The summed E-state index contributed by atoms with van der Waals surface area (Å²) >= 11 is 3.59. The summed E-state index contributed by atoms with van der Waals surface area (Å²) in [4.78, 5) is 17.3. The number of hydrogen-bond acceptors (Lipinski definition) is 5. The quantitative estimate of drug-likeness (QED) is 0.252. The fraction of sp³-hybridized carbons (Fsp3) is 0.148. The Morgan fingerprint density at radius 2 is 2.00 bits per heavy atom. The topological polar surface area (TPSA) is 84.5 Å². The minimum atomic E-state index is -0.208. The Morgan fingerprint density at radius 1 is 1.11 bits per heavy atom. The van der Waals surface area contributed by atoms with Gasteiger partial charge in [-0.15, -0.1) is 0 Å². The second kappa shape index (κ2) is 9.03. The standard InChI is InChI=1S/C27H22BrN5O2/c28-23-15-30-33-25(13-24(32-26(23)33)22-7-2-1-6-21(22)18-8-9-18)29-14-17-4-3-5-20(12-17)31-27(34)19-10-11-35-16-19/h1-7,10-13,15-16,18,29H,8-9,14H2,(H,31,34). The Balaban J connectivity index is 1.28. The van der Waals surface area contributed by atoms with Crippen molar-refractivity contribution in [2.45, 2.75) is 25.3 Å². The lowest BCUT2D eigenvalue weighted by Crippen LogP contribution is -2.11. The van der Waals surface area contributed by atoms with Gasteiger partial charge in [0.25, 0.3) is 5.91 Å². The van der Waals surface area contributed by atoms with Crippen LogP contribution in [0.2, 0.25) is 0 Å². The molecular formula is C27H22BrN5O2. The van der Waals surface area contributed by atoms with E-state index in [2.05, 4.69) is 62.0 Å². The Bertz CT molecular complexity index is 1520. The number of nitrogens with one attached hydrogen (secondary N) is 2. The number of rotatable bonds is 7. The highest BCUT2D eigenvalue weighted by molar-refractivity contribution is 9.10. The van der Waals surface area contributed by atoms with Crippen molar-refractivity contribution in [3.63, 3.8) is 0 Å². The van der Waals surface area contributed by atoms with Gasteiger partial charge in [-0.25, -0.2) is 4.98 Å². The van der Waals surface area contributed by atoms with Crippen molar-refractivity contribution in [3.8, 4) is 11.3 Å². The molecule has 1 aliphatic rings. The van der Waals surface area contributed by atoms with Crippen LogP contribution in [0.4, 0.5) is 11.5 Å². The van der Waals surface area contributed by atoms with Crippen molar-refractivity contribution in [3.05, 3.63) is 101 Å². The zero-order chi connectivity index (χ0) is 23.8. The van der Waals surface area contributed by atoms with Gasteiger partial charge in [0, 0.05) is 23.9 Å². The molecule has 0 radical (unpaired) electrons. The van der Waals surface area contributed by atoms with Crippen LogP contribution < -0.4 is 10.6 Å². The van der Waals surface area contributed by atoms with Crippen LogP contribution in [-0.2, 0) is 6.54 Å². The van der Waals surface area contributed by atoms with Gasteiger partial charge in [-0.05, 0) is 64.0 Å². The lowest BCUT2D eigenvalue weighted by molar-refractivity contribution is 0.102. The molecule has 7 nitrogen and oxygen atoms in total. The van der Waals surface area contributed by atoms with Crippen molar-refractivity contribution in [2.75, 3.05) is 10.6 Å². The summed E-state index contributed by atoms with van der Waals surface area (Å²) < 4.78 is 7.65. The molecule has 3 heterocycles. The van der Waals surface area contributed by atoms with E-state index in [1.165, 1.54) is 30.9 Å². The molecule has 6 rings (SSSR count). The number of halogens is 1. The predicted molar refractivity (Wildman–Crippen MR) is 139 cm³/mol. The first-order valence-corrected chi connectivity index (χ1v) is 12.2. The molecule has 1 fully saturated rings. The summed E-state index contributed by atoms with van der Waals surface area (Å²) in [7, 11) is 0. The number of nitrogens with zero attached hydrogens (tertiary/aromatic N) is 3. The van der Waals surface area contributed by atoms with Gasteiger partial charge in [-0.3, -0.25) is 4.79 Å². The lowest BCUT2D eigenvalue weighted by atomic mass is 10.0. The molecule has 1 aliphatic carbocycles. The van der Waals surface area contributed by atoms with Crippen molar-refractivity contribution in [1.29, 1.82) is 0 Å². The maximum absolute atomic E-state index is 12.4. The second-order valence-electron chi connectivity index (χ2n) is 8.64. The first-order chi connectivity index (χ1) is 17.2. The molecule has 0 unspecified atom stereocenters. The Labute approximate surface area is 210 Å². The summed E-state index contributed by atoms with van der Waals surface area (Å²) in [5, 5.41) is 10.9. The maximum Gasteiger partial charge on any atom is 0.258 e. The molecule has 0 atom stereocenters. The van der Waals surface area contributed by atoms with Crippen molar-refractivity contribution in [1.82, 2.24) is 14.6 Å². The summed E-state index contributed by atoms with van der Waals surface area (Å²) in [5.41, 5.74) is 6.42. The van der Waals surface area contributed by atoms with Gasteiger partial charge < -0.3 is 15.1 Å². The van der Waals surface area contributed by atoms with Crippen LogP contribution in [-0.4, -0.2) is 20.5 Å². The van der Waals surface area contributed by atoms with Gasteiger partial charge in [0.15, 0.2) is 5.65 Å². The van der Waals surface area contributed by atoms with E-state index < -0.39 is 0 Å². The summed E-state index contributed by atoms with van der Waals surface area (Å²) in [5.74, 6) is 1.25. The monoisotopic (exact) mass is 527 g/mol. The summed E-state index contributed by atoms with van der Waals surface area (Å²) in [6, 6.07) is 20.0. The molecule has 0 saturated heterocycles. The number of benzene rings is 2. The third-order valence-corrected chi connectivity index (χ3v) is 6.68. The van der Waals surface area contributed by atoms with E-state index >= 15 is 0 Å². The smallest absolute Gasteiger partial charge is 0.258 e. The molecule has 3 aromatic heterocycles. The van der Waals surface area contributed by atoms with E-state index in [4.69, 9.17) is 9.40 Å². The number of fused-ring (bicyclic) bond motifs is 1. The van der Waals surface area contributed by atoms with Crippen LogP contribution in [0.15, 0.2) is 88.3 Å². The molecule has 5 aromatic rings. The fourth-order valence-corrected chi connectivity index (χ4v) is 4.58. The van der Waals surface area contributed by atoms with Crippen molar-refractivity contribution < 1.29 is 9.21 Å². The van der Waals surface area contributed by atoms with Gasteiger partial charge in [0.1, 0.15) is 12.1 Å². The molecule has 35 heavy (non-hydrogen) atoms. The van der Waals surface area contributed by atoms with Gasteiger partial charge in [0.2, 0.25) is 0 Å². The van der Waals surface area contributed by atoms with Crippen LogP contribution in [0, 0.1) is 0 Å². The minimum absolute atomic E-state index is 0.208. The highest BCUT2D eigenvalue weighted by atomic mass is 79.9. The Morgan fingerprint density at radius 3 is 2.83 bits per heavy atom. The zero-order valence-electron chi connectivity index (χ0n) is 18.7. The number of carbonyl (C=O) groups is 1. The van der Waals surface area contributed by atoms with E-state index in [9.17, 15) is 4.79 Å². The van der Waals surface area contributed by atoms with Crippen molar-refractivity contribution >= 4 is 39.0 Å². The number of anilines is 2.